The molecule has 1 amide bonds. The van der Waals surface area contributed by atoms with Crippen LogP contribution in [0.1, 0.15) is 20.8 Å². The maximum atomic E-state index is 13.3. The molecule has 1 saturated heterocycles. The van der Waals surface area contributed by atoms with E-state index in [0.717, 1.165) is 45.3 Å². The van der Waals surface area contributed by atoms with Crippen molar-refractivity contribution in [3.05, 3.63) is 64.5 Å². The fourth-order valence-corrected chi connectivity index (χ4v) is 8.81. The van der Waals surface area contributed by atoms with E-state index in [1.165, 1.54) is 26.9 Å². The van der Waals surface area contributed by atoms with Crippen molar-refractivity contribution >= 4 is 53.8 Å². The van der Waals surface area contributed by atoms with Gasteiger partial charge in [0.05, 0.1) is 15.1 Å². The molecule has 0 saturated carbocycles. The van der Waals surface area contributed by atoms with Crippen molar-refractivity contribution in [3.8, 4) is 10.6 Å². The molecule has 4 heterocycles. The second-order valence-electron chi connectivity index (χ2n) is 9.87. The number of carbonyl (C=O) groups excluding carboxylic acids is 1. The molecule has 2 aromatic heterocycles. The second-order valence-corrected chi connectivity index (χ2v) is 13.9. The average Bonchev–Trinajstić information content (AvgIpc) is 3.49. The molecule has 198 valence electrons. The van der Waals surface area contributed by atoms with Crippen LogP contribution in [0.2, 0.25) is 0 Å². The number of nitrogens with zero attached hydrogens (tertiary/aromatic N) is 4. The summed E-state index contributed by atoms with van der Waals surface area (Å²) in [4.78, 5) is 24.1. The van der Waals surface area contributed by atoms with Crippen molar-refractivity contribution in [1.82, 2.24) is 19.1 Å². The summed E-state index contributed by atoms with van der Waals surface area (Å²) < 4.78 is 28.8. The Hall–Kier alpha value is -2.67. The van der Waals surface area contributed by atoms with Gasteiger partial charge in [0.15, 0.2) is 0 Å². The summed E-state index contributed by atoms with van der Waals surface area (Å²) in [6.07, 6.45) is 0.905. The predicted octanol–water partition coefficient (Wildman–Crippen LogP) is 4.20. The van der Waals surface area contributed by atoms with Crippen LogP contribution >= 0.6 is 22.7 Å². The zero-order chi connectivity index (χ0) is 26.4. The number of amides is 1. The normalized spacial score (nSPS) is 17.5. The maximum absolute atomic E-state index is 13.3. The largest absolute Gasteiger partial charge is 0.313 e. The maximum Gasteiger partial charge on any atom is 0.256 e. The lowest BCUT2D eigenvalue weighted by Gasteiger charge is -2.31. The Morgan fingerprint density at radius 3 is 2.39 bits per heavy atom. The molecule has 2 aliphatic heterocycles. The topological polar surface area (TPSA) is 85.8 Å². The third kappa shape index (κ3) is 4.78. The Labute approximate surface area is 230 Å². The zero-order valence-electron chi connectivity index (χ0n) is 21.3. The van der Waals surface area contributed by atoms with Crippen molar-refractivity contribution in [2.45, 2.75) is 17.9 Å². The first-order valence-electron chi connectivity index (χ1n) is 12.6. The number of para-hydroxylation sites is 1. The van der Waals surface area contributed by atoms with Crippen LogP contribution in [-0.2, 0) is 23.0 Å². The average molecular weight is 568 g/mol. The highest BCUT2D eigenvalue weighted by molar-refractivity contribution is 7.89. The molecule has 0 radical (unpaired) electrons. The third-order valence-electron chi connectivity index (χ3n) is 7.20. The molecule has 0 aliphatic carbocycles. The SMILES string of the molecule is CN1CCN(S(=O)(=O)c2ccc(C(=O)Nc3sc4c(c3-c3nc5ccccc5s3)CCN(C)C4)cc2)CC1. The van der Waals surface area contributed by atoms with Gasteiger partial charge in [0.1, 0.15) is 10.0 Å². The summed E-state index contributed by atoms with van der Waals surface area (Å²) in [7, 11) is 0.511. The molecule has 8 nitrogen and oxygen atoms in total. The number of carbonyl (C=O) groups is 1. The van der Waals surface area contributed by atoms with Gasteiger partial charge in [0.2, 0.25) is 10.0 Å². The number of hydrogen-bond acceptors (Lipinski definition) is 8. The van der Waals surface area contributed by atoms with E-state index in [1.54, 1.807) is 34.8 Å². The van der Waals surface area contributed by atoms with Crippen LogP contribution in [0.15, 0.2) is 53.4 Å². The van der Waals surface area contributed by atoms with E-state index < -0.39 is 10.0 Å². The van der Waals surface area contributed by atoms with Gasteiger partial charge in [-0.15, -0.1) is 22.7 Å². The van der Waals surface area contributed by atoms with Gasteiger partial charge in [-0.25, -0.2) is 13.4 Å². The molecule has 2 aliphatic rings. The standard InChI is InChI=1S/C27H29N5O3S3/c1-30-13-15-32(16-14-30)38(34,35)19-9-7-18(8-10-19)25(33)29-27-24(20-11-12-31(2)17-23(20)37-27)26-28-21-5-3-4-6-22(21)36-26/h3-10H,11-17H2,1-2H3,(H,29,33). The molecule has 11 heteroatoms. The number of rotatable bonds is 5. The van der Waals surface area contributed by atoms with Gasteiger partial charge in [-0.2, -0.15) is 4.31 Å². The molecule has 0 bridgehead atoms. The summed E-state index contributed by atoms with van der Waals surface area (Å²) in [5.41, 5.74) is 3.65. The van der Waals surface area contributed by atoms with Gasteiger partial charge >= 0.3 is 0 Å². The van der Waals surface area contributed by atoms with E-state index in [4.69, 9.17) is 4.98 Å². The highest BCUT2D eigenvalue weighted by atomic mass is 32.2. The first-order valence-corrected chi connectivity index (χ1v) is 15.7. The minimum Gasteiger partial charge on any atom is -0.313 e. The van der Waals surface area contributed by atoms with Crippen LogP contribution in [0.4, 0.5) is 5.00 Å². The number of sulfonamides is 1. The van der Waals surface area contributed by atoms with E-state index >= 15 is 0 Å². The lowest BCUT2D eigenvalue weighted by Crippen LogP contribution is -2.47. The molecular formula is C27H29N5O3S3. The van der Waals surface area contributed by atoms with Gasteiger partial charge in [-0.05, 0) is 62.5 Å². The number of nitrogens with one attached hydrogen (secondary N) is 1. The van der Waals surface area contributed by atoms with Gasteiger partial charge < -0.3 is 15.1 Å². The van der Waals surface area contributed by atoms with Crippen LogP contribution in [0, 0.1) is 0 Å². The smallest absolute Gasteiger partial charge is 0.256 e. The molecule has 38 heavy (non-hydrogen) atoms. The molecule has 1 N–H and O–H groups in total. The number of aromatic nitrogens is 1. The lowest BCUT2D eigenvalue weighted by atomic mass is 10.0. The third-order valence-corrected chi connectivity index (χ3v) is 11.3. The highest BCUT2D eigenvalue weighted by Gasteiger charge is 2.29. The van der Waals surface area contributed by atoms with E-state index in [1.807, 2.05) is 25.2 Å². The van der Waals surface area contributed by atoms with Gasteiger partial charge in [0, 0.05) is 55.3 Å². The van der Waals surface area contributed by atoms with Crippen molar-refractivity contribution < 1.29 is 13.2 Å². The molecule has 0 spiro atoms. The Bertz CT molecular complexity index is 1570. The summed E-state index contributed by atoms with van der Waals surface area (Å²) in [5.74, 6) is -0.261. The highest BCUT2D eigenvalue weighted by Crippen LogP contribution is 2.45. The molecule has 0 unspecified atom stereocenters. The predicted molar refractivity (Wildman–Crippen MR) is 154 cm³/mol. The molecule has 2 aromatic carbocycles. The number of fused-ring (bicyclic) bond motifs is 2. The molecule has 4 aromatic rings. The Morgan fingerprint density at radius 1 is 0.921 bits per heavy atom. The molecule has 1 fully saturated rings. The van der Waals surface area contributed by atoms with E-state index in [2.05, 4.69) is 28.2 Å². The van der Waals surface area contributed by atoms with Gasteiger partial charge in [-0.1, -0.05) is 12.1 Å². The number of thiophene rings is 1. The van der Waals surface area contributed by atoms with Gasteiger partial charge in [0.25, 0.3) is 5.91 Å². The molecule has 0 atom stereocenters. The Kier molecular flexibility index (Phi) is 6.83. The quantitative estimate of drug-likeness (QED) is 0.389. The minimum atomic E-state index is -3.58. The van der Waals surface area contributed by atoms with Crippen molar-refractivity contribution in [3.63, 3.8) is 0 Å². The summed E-state index contributed by atoms with van der Waals surface area (Å²) in [6.45, 7) is 4.14. The number of piperazine rings is 1. The molecular weight excluding hydrogens is 539 g/mol. The summed E-state index contributed by atoms with van der Waals surface area (Å²) >= 11 is 3.25. The lowest BCUT2D eigenvalue weighted by molar-refractivity contribution is 0.102. The van der Waals surface area contributed by atoms with E-state index in [-0.39, 0.29) is 10.8 Å². The van der Waals surface area contributed by atoms with Crippen LogP contribution < -0.4 is 5.32 Å². The summed E-state index contributed by atoms with van der Waals surface area (Å²) in [6, 6.07) is 14.3. The van der Waals surface area contributed by atoms with Crippen molar-refractivity contribution in [1.29, 1.82) is 0 Å². The minimum absolute atomic E-state index is 0.211. The fraction of sp³-hybridized carbons (Fsp3) is 0.333. The monoisotopic (exact) mass is 567 g/mol. The first-order chi connectivity index (χ1) is 18.3. The van der Waals surface area contributed by atoms with Crippen LogP contribution in [0.3, 0.4) is 0 Å². The first kappa shape index (κ1) is 25.6. The van der Waals surface area contributed by atoms with Crippen molar-refractivity contribution in [2.24, 2.45) is 0 Å². The fourth-order valence-electron chi connectivity index (χ4n) is 4.96. The molecule has 6 rings (SSSR count). The van der Waals surface area contributed by atoms with Gasteiger partial charge in [-0.3, -0.25) is 4.79 Å². The number of thiazole rings is 1. The number of likely N-dealkylation sites (N-methyl/N-ethyl adjacent to an activating group) is 2. The Morgan fingerprint density at radius 2 is 1.66 bits per heavy atom. The van der Waals surface area contributed by atoms with E-state index in [9.17, 15) is 13.2 Å². The second kappa shape index (κ2) is 10.1. The number of benzene rings is 2. The van der Waals surface area contributed by atoms with Crippen LogP contribution in [0.25, 0.3) is 20.8 Å². The zero-order valence-corrected chi connectivity index (χ0v) is 23.8. The van der Waals surface area contributed by atoms with Crippen LogP contribution in [0.5, 0.6) is 0 Å². The van der Waals surface area contributed by atoms with E-state index in [0.29, 0.717) is 31.7 Å². The van der Waals surface area contributed by atoms with Crippen molar-refractivity contribution in [2.75, 3.05) is 52.1 Å². The number of anilines is 1. The van der Waals surface area contributed by atoms with Crippen LogP contribution in [-0.4, -0.2) is 80.2 Å². The Balaban J connectivity index is 1.28. The number of hydrogen-bond donors (Lipinski definition) is 1. The summed E-state index contributed by atoms with van der Waals surface area (Å²) in [5, 5.41) is 4.84.